The second kappa shape index (κ2) is 3.40. The first-order valence-electron chi connectivity index (χ1n) is 4.68. The average Bonchev–Trinajstić information content (AvgIpc) is 2.85. The Labute approximate surface area is 85.1 Å². The predicted molar refractivity (Wildman–Crippen MR) is 47.6 cm³/mol. The second-order valence-corrected chi connectivity index (χ2v) is 3.58. The van der Waals surface area contributed by atoms with Gasteiger partial charge in [-0.05, 0) is 25.8 Å². The van der Waals surface area contributed by atoms with Crippen LogP contribution >= 0.6 is 0 Å². The monoisotopic (exact) mass is 217 g/mol. The normalized spacial score (nSPS) is 16.5. The summed E-state index contributed by atoms with van der Waals surface area (Å²) in [5.41, 5.74) is -0.794. The van der Waals surface area contributed by atoms with Crippen LogP contribution in [0.1, 0.15) is 24.1 Å². The molecule has 2 rings (SSSR count). The third-order valence-corrected chi connectivity index (χ3v) is 2.20. The molecule has 1 aromatic rings. The summed E-state index contributed by atoms with van der Waals surface area (Å²) in [5, 5.41) is 0. The Bertz CT molecular complexity index is 371. The topological polar surface area (TPSA) is 22.1 Å². The van der Waals surface area contributed by atoms with E-state index < -0.39 is 11.7 Å². The number of nitrogens with zero attached hydrogens (tertiary/aromatic N) is 1. The van der Waals surface area contributed by atoms with E-state index in [2.05, 4.69) is 4.98 Å². The fourth-order valence-corrected chi connectivity index (χ4v) is 1.35. The van der Waals surface area contributed by atoms with E-state index in [-0.39, 0.29) is 17.5 Å². The SMILES string of the molecule is Cc1nccc(OC2CC2)c1C(F)(F)F. The molecule has 0 atom stereocenters. The summed E-state index contributed by atoms with van der Waals surface area (Å²) < 4.78 is 43.2. The Balaban J connectivity index is 2.38. The van der Waals surface area contributed by atoms with E-state index >= 15 is 0 Å². The minimum absolute atomic E-state index is 0.0411. The van der Waals surface area contributed by atoms with Gasteiger partial charge in [-0.15, -0.1) is 0 Å². The van der Waals surface area contributed by atoms with Crippen molar-refractivity contribution < 1.29 is 17.9 Å². The van der Waals surface area contributed by atoms with Gasteiger partial charge in [0.15, 0.2) is 0 Å². The highest BCUT2D eigenvalue weighted by atomic mass is 19.4. The molecule has 0 radical (unpaired) electrons. The van der Waals surface area contributed by atoms with Crippen LogP contribution in [0.3, 0.4) is 0 Å². The summed E-state index contributed by atoms with van der Waals surface area (Å²) in [7, 11) is 0. The number of rotatable bonds is 2. The summed E-state index contributed by atoms with van der Waals surface area (Å²) in [4.78, 5) is 3.63. The van der Waals surface area contributed by atoms with Crippen molar-refractivity contribution in [2.75, 3.05) is 0 Å². The highest BCUT2D eigenvalue weighted by Crippen LogP contribution is 2.39. The number of aryl methyl sites for hydroxylation is 1. The van der Waals surface area contributed by atoms with Crippen LogP contribution in [0.2, 0.25) is 0 Å². The summed E-state index contributed by atoms with van der Waals surface area (Å²) in [5.74, 6) is -0.0995. The molecule has 2 nitrogen and oxygen atoms in total. The van der Waals surface area contributed by atoms with Gasteiger partial charge < -0.3 is 4.74 Å². The molecular weight excluding hydrogens is 207 g/mol. The zero-order valence-corrected chi connectivity index (χ0v) is 8.14. The van der Waals surface area contributed by atoms with Crippen LogP contribution in [0.4, 0.5) is 13.2 Å². The van der Waals surface area contributed by atoms with E-state index in [1.165, 1.54) is 19.2 Å². The summed E-state index contributed by atoms with van der Waals surface area (Å²) in [6, 6.07) is 1.27. The van der Waals surface area contributed by atoms with Crippen molar-refractivity contribution in [2.24, 2.45) is 0 Å². The minimum Gasteiger partial charge on any atom is -0.490 e. The molecule has 0 saturated heterocycles. The lowest BCUT2D eigenvalue weighted by Gasteiger charge is -2.14. The molecule has 0 unspecified atom stereocenters. The first-order chi connectivity index (χ1) is 6.98. The van der Waals surface area contributed by atoms with Gasteiger partial charge in [-0.2, -0.15) is 13.2 Å². The Morgan fingerprint density at radius 3 is 2.60 bits per heavy atom. The number of hydrogen-bond donors (Lipinski definition) is 0. The lowest BCUT2D eigenvalue weighted by Crippen LogP contribution is -2.12. The van der Waals surface area contributed by atoms with Crippen LogP contribution in [0.15, 0.2) is 12.3 Å². The third-order valence-electron chi connectivity index (χ3n) is 2.20. The molecule has 15 heavy (non-hydrogen) atoms. The predicted octanol–water partition coefficient (Wildman–Crippen LogP) is 2.95. The molecule has 0 aromatic carbocycles. The van der Waals surface area contributed by atoms with Gasteiger partial charge in [0.1, 0.15) is 11.3 Å². The fourth-order valence-electron chi connectivity index (χ4n) is 1.35. The molecule has 1 aliphatic rings. The zero-order chi connectivity index (χ0) is 11.1. The quantitative estimate of drug-likeness (QED) is 0.759. The van der Waals surface area contributed by atoms with Crippen molar-refractivity contribution in [3.05, 3.63) is 23.5 Å². The van der Waals surface area contributed by atoms with Crippen molar-refractivity contribution in [1.82, 2.24) is 4.98 Å². The Kier molecular flexibility index (Phi) is 2.32. The van der Waals surface area contributed by atoms with Gasteiger partial charge in [0.25, 0.3) is 0 Å². The number of hydrogen-bond acceptors (Lipinski definition) is 2. The summed E-state index contributed by atoms with van der Waals surface area (Å²) in [6.07, 6.45) is -1.45. The number of aromatic nitrogens is 1. The van der Waals surface area contributed by atoms with Crippen molar-refractivity contribution in [1.29, 1.82) is 0 Å². The van der Waals surface area contributed by atoms with Crippen LogP contribution in [0.25, 0.3) is 0 Å². The van der Waals surface area contributed by atoms with Gasteiger partial charge in [-0.1, -0.05) is 0 Å². The number of halogens is 3. The summed E-state index contributed by atoms with van der Waals surface area (Å²) >= 11 is 0. The molecular formula is C10H10F3NO. The number of ether oxygens (including phenoxy) is 1. The van der Waals surface area contributed by atoms with E-state index in [0.717, 1.165) is 12.8 Å². The maximum absolute atomic E-state index is 12.7. The summed E-state index contributed by atoms with van der Waals surface area (Å²) in [6.45, 7) is 1.34. The van der Waals surface area contributed by atoms with E-state index in [1.807, 2.05) is 0 Å². The highest BCUT2D eigenvalue weighted by molar-refractivity contribution is 5.38. The van der Waals surface area contributed by atoms with Crippen LogP contribution in [0.5, 0.6) is 5.75 Å². The molecule has 0 bridgehead atoms. The molecule has 5 heteroatoms. The molecule has 1 heterocycles. The Morgan fingerprint density at radius 2 is 2.07 bits per heavy atom. The Hall–Kier alpha value is -1.26. The van der Waals surface area contributed by atoms with Crippen LogP contribution in [0, 0.1) is 6.92 Å². The number of alkyl halides is 3. The molecule has 1 fully saturated rings. The van der Waals surface area contributed by atoms with Crippen molar-refractivity contribution >= 4 is 0 Å². The van der Waals surface area contributed by atoms with Crippen molar-refractivity contribution in [2.45, 2.75) is 32.0 Å². The Morgan fingerprint density at radius 1 is 1.40 bits per heavy atom. The molecule has 1 saturated carbocycles. The van der Waals surface area contributed by atoms with Crippen molar-refractivity contribution in [3.8, 4) is 5.75 Å². The maximum Gasteiger partial charge on any atom is 0.421 e. The fraction of sp³-hybridized carbons (Fsp3) is 0.500. The van der Waals surface area contributed by atoms with E-state index in [0.29, 0.717) is 0 Å². The standard InChI is InChI=1S/C10H10F3NO/c1-6-9(10(11,12)13)8(4-5-14-6)15-7-2-3-7/h4-5,7H,2-3H2,1H3. The van der Waals surface area contributed by atoms with E-state index in [9.17, 15) is 13.2 Å². The van der Waals surface area contributed by atoms with Gasteiger partial charge >= 0.3 is 6.18 Å². The molecule has 0 amide bonds. The van der Waals surface area contributed by atoms with Gasteiger partial charge in [0, 0.05) is 6.20 Å². The highest BCUT2D eigenvalue weighted by Gasteiger charge is 2.38. The van der Waals surface area contributed by atoms with Gasteiger partial charge in [-0.3, -0.25) is 4.98 Å². The lowest BCUT2D eigenvalue weighted by molar-refractivity contribution is -0.139. The molecule has 0 N–H and O–H groups in total. The average molecular weight is 217 g/mol. The second-order valence-electron chi connectivity index (χ2n) is 3.58. The van der Waals surface area contributed by atoms with Crippen molar-refractivity contribution in [3.63, 3.8) is 0 Å². The zero-order valence-electron chi connectivity index (χ0n) is 8.14. The maximum atomic E-state index is 12.7. The largest absolute Gasteiger partial charge is 0.490 e. The first-order valence-corrected chi connectivity index (χ1v) is 4.68. The first kappa shape index (κ1) is 10.3. The van der Waals surface area contributed by atoms with E-state index in [1.54, 1.807) is 0 Å². The van der Waals surface area contributed by atoms with Gasteiger partial charge in [0.2, 0.25) is 0 Å². The smallest absolute Gasteiger partial charge is 0.421 e. The molecule has 1 aromatic heterocycles. The third kappa shape index (κ3) is 2.22. The van der Waals surface area contributed by atoms with Gasteiger partial charge in [0.05, 0.1) is 11.8 Å². The molecule has 0 aliphatic heterocycles. The van der Waals surface area contributed by atoms with Gasteiger partial charge in [-0.25, -0.2) is 0 Å². The number of pyridine rings is 1. The minimum atomic E-state index is -4.40. The van der Waals surface area contributed by atoms with Crippen LogP contribution < -0.4 is 4.74 Å². The van der Waals surface area contributed by atoms with Crippen LogP contribution in [-0.2, 0) is 6.18 Å². The molecule has 0 spiro atoms. The molecule has 1 aliphatic carbocycles. The molecule has 82 valence electrons. The van der Waals surface area contributed by atoms with Crippen LogP contribution in [-0.4, -0.2) is 11.1 Å². The van der Waals surface area contributed by atoms with E-state index in [4.69, 9.17) is 4.74 Å². The lowest BCUT2D eigenvalue weighted by atomic mass is 10.2.